The number of hydrogen-bond acceptors (Lipinski definition) is 5. The maximum atomic E-state index is 14.0. The van der Waals surface area contributed by atoms with Crippen molar-refractivity contribution in [2.24, 2.45) is 36.6 Å². The molecule has 1 amide bonds. The molecular weight excluding hydrogens is 500 g/mol. The monoisotopic (exact) mass is 534 g/mol. The molecule has 4 aliphatic rings. The number of benzene rings is 1. The van der Waals surface area contributed by atoms with Crippen LogP contribution in [0.2, 0.25) is 0 Å². The number of rotatable bonds is 8. The van der Waals surface area contributed by atoms with Crippen molar-refractivity contribution in [1.29, 1.82) is 5.26 Å². The summed E-state index contributed by atoms with van der Waals surface area (Å²) in [4.78, 5) is 26.0. The summed E-state index contributed by atoms with van der Waals surface area (Å²) in [6.07, 6.45) is 8.18. The molecule has 1 saturated heterocycles. The van der Waals surface area contributed by atoms with Crippen molar-refractivity contribution in [3.8, 4) is 23.3 Å². The third-order valence-electron chi connectivity index (χ3n) is 10.3. The maximum absolute atomic E-state index is 14.0. The molecule has 4 aromatic rings. The highest BCUT2D eigenvalue weighted by Gasteiger charge is 2.66. The fourth-order valence-electron chi connectivity index (χ4n) is 8.23. The highest BCUT2D eigenvalue weighted by molar-refractivity contribution is 6.00. The molecule has 3 aliphatic carbocycles. The van der Waals surface area contributed by atoms with E-state index < -0.39 is 0 Å². The first-order chi connectivity index (χ1) is 19.6. The van der Waals surface area contributed by atoms with Gasteiger partial charge in [-0.05, 0) is 92.0 Å². The van der Waals surface area contributed by atoms with E-state index in [0.717, 1.165) is 65.4 Å². The topological polar surface area (TPSA) is 89.0 Å². The van der Waals surface area contributed by atoms with Crippen LogP contribution in [-0.2, 0) is 13.6 Å². The number of aryl methyl sites for hydroxylation is 1. The number of nitrogens with zero attached hydrogens (tertiary/aromatic N) is 6. The van der Waals surface area contributed by atoms with Crippen molar-refractivity contribution >= 4 is 28.0 Å². The number of nitriles is 1. The molecule has 40 heavy (non-hydrogen) atoms. The molecule has 3 aromatic heterocycles. The second-order valence-corrected chi connectivity index (χ2v) is 12.4. The Morgan fingerprint density at radius 2 is 2.12 bits per heavy atom. The number of methoxy groups -OCH3 is 1. The summed E-state index contributed by atoms with van der Waals surface area (Å²) < 4.78 is 10.3. The van der Waals surface area contributed by atoms with E-state index in [2.05, 4.69) is 32.2 Å². The molecule has 4 fully saturated rings. The van der Waals surface area contributed by atoms with E-state index in [9.17, 15) is 4.79 Å². The second-order valence-electron chi connectivity index (χ2n) is 12.4. The Morgan fingerprint density at radius 3 is 2.92 bits per heavy atom. The highest BCUT2D eigenvalue weighted by Crippen LogP contribution is 2.65. The maximum Gasteiger partial charge on any atom is 0.254 e. The van der Waals surface area contributed by atoms with Crippen molar-refractivity contribution < 1.29 is 9.53 Å². The van der Waals surface area contributed by atoms with E-state index in [1.807, 2.05) is 31.4 Å². The van der Waals surface area contributed by atoms with Gasteiger partial charge in [-0.2, -0.15) is 5.26 Å². The average molecular weight is 535 g/mol. The third-order valence-corrected chi connectivity index (χ3v) is 10.3. The smallest absolute Gasteiger partial charge is 0.254 e. The molecule has 0 N–H and O–H groups in total. The zero-order valence-electron chi connectivity index (χ0n) is 23.1. The number of amides is 1. The first-order valence-corrected chi connectivity index (χ1v) is 14.7. The Kier molecular flexibility index (Phi) is 5.29. The predicted octanol–water partition coefficient (Wildman–Crippen LogP) is 5.41. The van der Waals surface area contributed by atoms with E-state index in [1.54, 1.807) is 7.11 Å². The van der Waals surface area contributed by atoms with Gasteiger partial charge in [0, 0.05) is 49.7 Å². The normalized spacial score (nSPS) is 26.4. The van der Waals surface area contributed by atoms with Gasteiger partial charge in [-0.15, -0.1) is 0 Å². The molecule has 8 nitrogen and oxygen atoms in total. The van der Waals surface area contributed by atoms with Crippen molar-refractivity contribution in [3.63, 3.8) is 0 Å². The SMILES string of the molecule is COc1cc(C(=O)N2C[C@H]3CC4[C@H]3[C@H]2[C@H]4CCCC#N)cc2nc(-c3cc4cccnc4n3CC3CC3)n(C)c12. The van der Waals surface area contributed by atoms with Crippen molar-refractivity contribution in [3.05, 3.63) is 42.1 Å². The number of fused-ring (bicyclic) bond motifs is 2. The van der Waals surface area contributed by atoms with E-state index in [1.165, 1.54) is 19.3 Å². The zero-order chi connectivity index (χ0) is 27.1. The lowest BCUT2D eigenvalue weighted by Gasteiger charge is -2.59. The Morgan fingerprint density at radius 1 is 1.25 bits per heavy atom. The van der Waals surface area contributed by atoms with Gasteiger partial charge in [0.2, 0.25) is 0 Å². The highest BCUT2D eigenvalue weighted by atomic mass is 16.5. The summed E-state index contributed by atoms with van der Waals surface area (Å²) in [5, 5.41) is 10.1. The molecule has 8 rings (SSSR count). The molecule has 5 atom stereocenters. The van der Waals surface area contributed by atoms with Crippen LogP contribution in [0.5, 0.6) is 5.75 Å². The largest absolute Gasteiger partial charge is 0.494 e. The molecule has 204 valence electrons. The quantitative estimate of drug-likeness (QED) is 0.282. The molecule has 0 radical (unpaired) electrons. The van der Waals surface area contributed by atoms with Crippen LogP contribution in [0.3, 0.4) is 0 Å². The Labute approximate surface area is 233 Å². The fraction of sp³-hybridized carbons (Fsp3) is 0.500. The van der Waals surface area contributed by atoms with Gasteiger partial charge >= 0.3 is 0 Å². The molecule has 3 saturated carbocycles. The number of carbonyl (C=O) groups is 1. The zero-order valence-corrected chi connectivity index (χ0v) is 23.1. The molecule has 8 heteroatoms. The van der Waals surface area contributed by atoms with Gasteiger partial charge in [0.25, 0.3) is 5.91 Å². The van der Waals surface area contributed by atoms with E-state index in [4.69, 9.17) is 20.0 Å². The van der Waals surface area contributed by atoms with Crippen molar-refractivity contribution in [2.75, 3.05) is 13.7 Å². The summed E-state index contributed by atoms with van der Waals surface area (Å²) >= 11 is 0. The van der Waals surface area contributed by atoms with Gasteiger partial charge in [0.1, 0.15) is 16.9 Å². The number of hydrogen-bond donors (Lipinski definition) is 0. The van der Waals surface area contributed by atoms with Gasteiger partial charge in [0.15, 0.2) is 5.82 Å². The summed E-state index contributed by atoms with van der Waals surface area (Å²) in [6.45, 7) is 1.79. The summed E-state index contributed by atoms with van der Waals surface area (Å²) in [6, 6.07) is 12.7. The van der Waals surface area contributed by atoms with Crippen LogP contribution >= 0.6 is 0 Å². The number of pyridine rings is 1. The Balaban J connectivity index is 1.17. The molecular formula is C32H34N6O2. The number of carbonyl (C=O) groups excluding carboxylic acids is 1. The molecule has 1 unspecified atom stereocenters. The van der Waals surface area contributed by atoms with E-state index in [-0.39, 0.29) is 5.91 Å². The fourth-order valence-corrected chi connectivity index (χ4v) is 8.23. The molecule has 0 bridgehead atoms. The average Bonchev–Trinajstić information content (AvgIpc) is 3.60. The molecule has 1 aromatic carbocycles. The molecule has 1 aliphatic heterocycles. The van der Waals surface area contributed by atoms with Gasteiger partial charge in [-0.25, -0.2) is 9.97 Å². The number of likely N-dealkylation sites (tertiary alicyclic amines) is 1. The standard InChI is InChI=1S/C32H34N6O2/c1-36-29-24(35-31(36)25-14-19-6-5-11-34-30(19)37(25)16-18-8-9-18)13-20(15-26(29)40-2)32(39)38-17-21-12-23-22(7-3-4-10-33)28(38)27(21)23/h5-6,11,13-15,18,21-23,27-28H,3-4,7-9,12,16-17H2,1-2H3/t21-,22+,23?,27+,28-/m1/s1. The van der Waals surface area contributed by atoms with E-state index in [0.29, 0.717) is 47.4 Å². The van der Waals surface area contributed by atoms with Crippen LogP contribution < -0.4 is 4.74 Å². The van der Waals surface area contributed by atoms with Gasteiger partial charge in [-0.1, -0.05) is 0 Å². The number of imidazole rings is 1. The summed E-state index contributed by atoms with van der Waals surface area (Å²) in [7, 11) is 3.70. The second kappa shape index (κ2) is 8.82. The lowest BCUT2D eigenvalue weighted by Crippen LogP contribution is -2.61. The summed E-state index contributed by atoms with van der Waals surface area (Å²) in [5.41, 5.74) is 4.35. The van der Waals surface area contributed by atoms with Crippen LogP contribution in [0.1, 0.15) is 48.9 Å². The molecule has 4 heterocycles. The Hall–Kier alpha value is -3.86. The first-order valence-electron chi connectivity index (χ1n) is 14.7. The summed E-state index contributed by atoms with van der Waals surface area (Å²) in [5.74, 6) is 4.89. The van der Waals surface area contributed by atoms with Crippen molar-refractivity contribution in [1.82, 2.24) is 24.0 Å². The van der Waals surface area contributed by atoms with Crippen molar-refractivity contribution in [2.45, 2.75) is 51.1 Å². The Bertz CT molecular complexity index is 1710. The van der Waals surface area contributed by atoms with E-state index >= 15 is 0 Å². The lowest BCUT2D eigenvalue weighted by atomic mass is 9.46. The van der Waals surface area contributed by atoms with Gasteiger partial charge < -0.3 is 18.8 Å². The third kappa shape index (κ3) is 3.39. The minimum atomic E-state index is 0.0857. The van der Waals surface area contributed by atoms with Crippen LogP contribution in [0.25, 0.3) is 33.6 Å². The van der Waals surface area contributed by atoms with Gasteiger partial charge in [0.05, 0.1) is 24.4 Å². The van der Waals surface area contributed by atoms with Crippen LogP contribution in [0, 0.1) is 40.9 Å². The first kappa shape index (κ1) is 24.0. The van der Waals surface area contributed by atoms with Crippen LogP contribution in [-0.4, -0.2) is 49.6 Å². The molecule has 0 spiro atoms. The minimum Gasteiger partial charge on any atom is -0.494 e. The van der Waals surface area contributed by atoms with Crippen LogP contribution in [0.4, 0.5) is 0 Å². The van der Waals surface area contributed by atoms with Gasteiger partial charge in [-0.3, -0.25) is 4.79 Å². The predicted molar refractivity (Wildman–Crippen MR) is 152 cm³/mol. The minimum absolute atomic E-state index is 0.0857. The number of aromatic nitrogens is 4. The number of ether oxygens (including phenoxy) is 1. The lowest BCUT2D eigenvalue weighted by molar-refractivity contribution is -0.0930. The van der Waals surface area contributed by atoms with Crippen LogP contribution in [0.15, 0.2) is 36.5 Å². The number of unbranched alkanes of at least 4 members (excludes halogenated alkanes) is 1.